The van der Waals surface area contributed by atoms with Crippen LogP contribution in [-0.2, 0) is 9.59 Å². The van der Waals surface area contributed by atoms with Gasteiger partial charge in [-0.05, 0) is 74.2 Å². The Hall–Kier alpha value is -3.35. The molecule has 0 aromatic heterocycles. The summed E-state index contributed by atoms with van der Waals surface area (Å²) in [6, 6.07) is 11.6. The molecule has 1 heterocycles. The molecule has 3 amide bonds. The Morgan fingerprint density at radius 3 is 2.39 bits per heavy atom. The largest absolute Gasteiger partial charge is 0.497 e. The molecule has 2 fully saturated rings. The number of anilines is 1. The molecule has 2 aliphatic rings. The number of piperazine rings is 1. The monoisotopic (exact) mass is 449 g/mol. The SMILES string of the molecule is COc1ccc(C(=O)N2[C@H](CC(=O)Nc3cc(C)cc(C)c3)C(=O)N[C@H]3CCCC[C@H]32)cc1. The molecule has 1 saturated heterocycles. The van der Waals surface area contributed by atoms with Gasteiger partial charge in [-0.15, -0.1) is 0 Å². The van der Waals surface area contributed by atoms with Gasteiger partial charge in [-0.2, -0.15) is 0 Å². The number of hydrogen-bond acceptors (Lipinski definition) is 4. The lowest BCUT2D eigenvalue weighted by Crippen LogP contribution is -2.68. The molecule has 1 aliphatic carbocycles. The molecule has 3 atom stereocenters. The minimum Gasteiger partial charge on any atom is -0.497 e. The number of fused-ring (bicyclic) bond motifs is 1. The summed E-state index contributed by atoms with van der Waals surface area (Å²) in [4.78, 5) is 41.3. The molecule has 2 N–H and O–H groups in total. The minimum absolute atomic E-state index is 0.0767. The van der Waals surface area contributed by atoms with Crippen LogP contribution in [0.5, 0.6) is 5.75 Å². The zero-order valence-electron chi connectivity index (χ0n) is 19.4. The number of ether oxygens (including phenoxy) is 1. The number of benzene rings is 2. The molecule has 2 aromatic rings. The van der Waals surface area contributed by atoms with E-state index in [4.69, 9.17) is 4.74 Å². The van der Waals surface area contributed by atoms with Crippen LogP contribution in [0.15, 0.2) is 42.5 Å². The van der Waals surface area contributed by atoms with E-state index in [-0.39, 0.29) is 36.2 Å². The van der Waals surface area contributed by atoms with Crippen molar-refractivity contribution in [3.8, 4) is 5.75 Å². The molecule has 2 aromatic carbocycles. The fraction of sp³-hybridized carbons (Fsp3) is 0.423. The molecule has 33 heavy (non-hydrogen) atoms. The Labute approximate surface area is 194 Å². The number of nitrogens with one attached hydrogen (secondary N) is 2. The first-order valence-electron chi connectivity index (χ1n) is 11.5. The van der Waals surface area contributed by atoms with Crippen molar-refractivity contribution in [1.29, 1.82) is 0 Å². The average Bonchev–Trinajstić information content (AvgIpc) is 2.78. The fourth-order valence-electron chi connectivity index (χ4n) is 5.05. The number of rotatable bonds is 5. The first kappa shape index (κ1) is 22.8. The van der Waals surface area contributed by atoms with Gasteiger partial charge in [-0.3, -0.25) is 14.4 Å². The number of amides is 3. The zero-order valence-corrected chi connectivity index (χ0v) is 19.4. The van der Waals surface area contributed by atoms with Gasteiger partial charge in [0.1, 0.15) is 11.8 Å². The molecule has 1 saturated carbocycles. The van der Waals surface area contributed by atoms with E-state index in [2.05, 4.69) is 10.6 Å². The molecular weight excluding hydrogens is 418 g/mol. The molecular formula is C26H31N3O4. The Morgan fingerprint density at radius 1 is 1.06 bits per heavy atom. The maximum absolute atomic E-state index is 13.6. The van der Waals surface area contributed by atoms with E-state index < -0.39 is 6.04 Å². The van der Waals surface area contributed by atoms with Crippen LogP contribution in [0.25, 0.3) is 0 Å². The number of methoxy groups -OCH3 is 1. The summed E-state index contributed by atoms with van der Waals surface area (Å²) in [5.41, 5.74) is 3.26. The number of nitrogens with zero attached hydrogens (tertiary/aromatic N) is 1. The number of carbonyl (C=O) groups is 3. The molecule has 0 spiro atoms. The van der Waals surface area contributed by atoms with E-state index in [1.165, 1.54) is 0 Å². The van der Waals surface area contributed by atoms with Gasteiger partial charge in [-0.25, -0.2) is 0 Å². The number of hydrogen-bond donors (Lipinski definition) is 2. The molecule has 7 heteroatoms. The van der Waals surface area contributed by atoms with Crippen molar-refractivity contribution in [2.24, 2.45) is 0 Å². The number of aryl methyl sites for hydroxylation is 2. The fourth-order valence-corrected chi connectivity index (χ4v) is 5.05. The smallest absolute Gasteiger partial charge is 0.254 e. The molecule has 0 bridgehead atoms. The Bertz CT molecular complexity index is 1030. The maximum atomic E-state index is 13.6. The van der Waals surface area contributed by atoms with E-state index in [1.807, 2.05) is 32.0 Å². The second kappa shape index (κ2) is 9.65. The Kier molecular flexibility index (Phi) is 6.67. The van der Waals surface area contributed by atoms with Crippen molar-refractivity contribution >= 4 is 23.4 Å². The third-order valence-corrected chi connectivity index (χ3v) is 6.51. The van der Waals surface area contributed by atoms with Crippen LogP contribution < -0.4 is 15.4 Å². The highest BCUT2D eigenvalue weighted by Crippen LogP contribution is 2.31. The summed E-state index contributed by atoms with van der Waals surface area (Å²) >= 11 is 0. The van der Waals surface area contributed by atoms with Gasteiger partial charge in [0.15, 0.2) is 0 Å². The summed E-state index contributed by atoms with van der Waals surface area (Å²) in [5, 5.41) is 5.98. The topological polar surface area (TPSA) is 87.7 Å². The highest BCUT2D eigenvalue weighted by atomic mass is 16.5. The highest BCUT2D eigenvalue weighted by molar-refractivity contribution is 6.01. The summed E-state index contributed by atoms with van der Waals surface area (Å²) in [7, 11) is 1.57. The summed E-state index contributed by atoms with van der Waals surface area (Å²) in [5.74, 6) is -0.131. The van der Waals surface area contributed by atoms with Gasteiger partial charge in [0.2, 0.25) is 11.8 Å². The van der Waals surface area contributed by atoms with Crippen molar-refractivity contribution < 1.29 is 19.1 Å². The lowest BCUT2D eigenvalue weighted by atomic mass is 9.84. The second-order valence-electron chi connectivity index (χ2n) is 9.05. The third-order valence-electron chi connectivity index (χ3n) is 6.51. The molecule has 174 valence electrons. The van der Waals surface area contributed by atoms with Crippen molar-refractivity contribution in [2.75, 3.05) is 12.4 Å². The standard InChI is InChI=1S/C26H31N3O4/c1-16-12-17(2)14-19(13-16)27-24(30)15-23-25(31)28-21-6-4-5-7-22(21)29(23)26(32)18-8-10-20(33-3)11-9-18/h8-14,21-23H,4-7,15H2,1-3H3,(H,27,30)(H,28,31)/t21-,22+,23+/m0/s1. The van der Waals surface area contributed by atoms with Gasteiger partial charge >= 0.3 is 0 Å². The Balaban J connectivity index is 1.59. The Morgan fingerprint density at radius 2 is 1.73 bits per heavy atom. The predicted octanol–water partition coefficient (Wildman–Crippen LogP) is 3.59. The quantitative estimate of drug-likeness (QED) is 0.730. The van der Waals surface area contributed by atoms with Crippen molar-refractivity contribution in [3.63, 3.8) is 0 Å². The first-order valence-corrected chi connectivity index (χ1v) is 11.5. The first-order chi connectivity index (χ1) is 15.9. The van der Waals surface area contributed by atoms with Crippen molar-refractivity contribution in [2.45, 2.75) is 64.1 Å². The second-order valence-corrected chi connectivity index (χ2v) is 9.05. The normalized spacial score (nSPS) is 22.2. The van der Waals surface area contributed by atoms with E-state index in [0.717, 1.165) is 36.8 Å². The van der Waals surface area contributed by atoms with Crippen LogP contribution in [0.2, 0.25) is 0 Å². The zero-order chi connectivity index (χ0) is 23.5. The van der Waals surface area contributed by atoms with Gasteiger partial charge in [0.05, 0.1) is 19.6 Å². The van der Waals surface area contributed by atoms with Gasteiger partial charge < -0.3 is 20.3 Å². The minimum atomic E-state index is -0.857. The molecule has 7 nitrogen and oxygen atoms in total. The van der Waals surface area contributed by atoms with Crippen LogP contribution in [0.3, 0.4) is 0 Å². The molecule has 4 rings (SSSR count). The van der Waals surface area contributed by atoms with E-state index in [1.54, 1.807) is 36.3 Å². The molecule has 0 radical (unpaired) electrons. The molecule has 1 aliphatic heterocycles. The summed E-state index contributed by atoms with van der Waals surface area (Å²) in [6.07, 6.45) is 3.56. The van der Waals surface area contributed by atoms with Crippen molar-refractivity contribution in [1.82, 2.24) is 10.2 Å². The van der Waals surface area contributed by atoms with Crippen LogP contribution in [0.1, 0.15) is 53.6 Å². The lowest BCUT2D eigenvalue weighted by Gasteiger charge is -2.48. The number of carbonyl (C=O) groups excluding carboxylic acids is 3. The van der Waals surface area contributed by atoms with Crippen LogP contribution in [0, 0.1) is 13.8 Å². The van der Waals surface area contributed by atoms with Crippen LogP contribution in [0.4, 0.5) is 5.69 Å². The van der Waals surface area contributed by atoms with E-state index in [9.17, 15) is 14.4 Å². The predicted molar refractivity (Wildman–Crippen MR) is 126 cm³/mol. The van der Waals surface area contributed by atoms with Gasteiger partial charge in [0.25, 0.3) is 5.91 Å². The molecule has 0 unspecified atom stereocenters. The average molecular weight is 450 g/mol. The summed E-state index contributed by atoms with van der Waals surface area (Å²) < 4.78 is 5.20. The van der Waals surface area contributed by atoms with E-state index in [0.29, 0.717) is 17.0 Å². The van der Waals surface area contributed by atoms with Crippen molar-refractivity contribution in [3.05, 3.63) is 59.2 Å². The maximum Gasteiger partial charge on any atom is 0.254 e. The highest BCUT2D eigenvalue weighted by Gasteiger charge is 2.46. The third kappa shape index (κ3) is 5.02. The van der Waals surface area contributed by atoms with E-state index >= 15 is 0 Å². The van der Waals surface area contributed by atoms with Crippen LogP contribution >= 0.6 is 0 Å². The van der Waals surface area contributed by atoms with Gasteiger partial charge in [-0.1, -0.05) is 18.9 Å². The lowest BCUT2D eigenvalue weighted by molar-refractivity contribution is -0.135. The van der Waals surface area contributed by atoms with Gasteiger partial charge in [0, 0.05) is 17.3 Å². The van der Waals surface area contributed by atoms with Crippen LogP contribution in [-0.4, -0.2) is 47.9 Å². The summed E-state index contributed by atoms with van der Waals surface area (Å²) in [6.45, 7) is 3.94.